The first-order valence-electron chi connectivity index (χ1n) is 9.92. The van der Waals surface area contributed by atoms with Gasteiger partial charge in [-0.3, -0.25) is 4.90 Å². The van der Waals surface area contributed by atoms with Crippen LogP contribution >= 0.6 is 11.6 Å². The third kappa shape index (κ3) is 3.77. The van der Waals surface area contributed by atoms with Crippen molar-refractivity contribution in [3.63, 3.8) is 0 Å². The fourth-order valence-corrected chi connectivity index (χ4v) is 4.32. The first-order chi connectivity index (χ1) is 13.9. The van der Waals surface area contributed by atoms with E-state index in [0.717, 1.165) is 37.1 Å². The molecular formula is C22H26ClN5O. The molecular weight excluding hydrogens is 386 g/mol. The molecule has 0 amide bonds. The molecule has 0 unspecified atom stereocenters. The van der Waals surface area contributed by atoms with Gasteiger partial charge in [0.15, 0.2) is 0 Å². The zero-order valence-corrected chi connectivity index (χ0v) is 17.5. The molecule has 0 saturated heterocycles. The monoisotopic (exact) mass is 411 g/mol. The lowest BCUT2D eigenvalue weighted by Crippen LogP contribution is -2.58. The summed E-state index contributed by atoms with van der Waals surface area (Å²) in [5, 5.41) is 0.502. The lowest BCUT2D eigenvalue weighted by molar-refractivity contribution is 0.305. The number of aryl methyl sites for hydroxylation is 2. The van der Waals surface area contributed by atoms with Crippen LogP contribution in [0.4, 0.5) is 5.69 Å². The Morgan fingerprint density at radius 1 is 1.00 bits per heavy atom. The van der Waals surface area contributed by atoms with Gasteiger partial charge in [0.25, 0.3) is 0 Å². The normalized spacial score (nSPS) is 18.4. The summed E-state index contributed by atoms with van der Waals surface area (Å²) in [7, 11) is 0. The quantitative estimate of drug-likeness (QED) is 0.754. The second kappa shape index (κ2) is 7.59. The Balaban J connectivity index is 1.65. The van der Waals surface area contributed by atoms with Gasteiger partial charge < -0.3 is 16.2 Å². The maximum absolute atomic E-state index is 6.58. The van der Waals surface area contributed by atoms with E-state index < -0.39 is 5.66 Å². The SMILES string of the molecule is Cc1ccc(Oc2ccc(N3C(N)=NC(N)=NC34CCCCC4)cc2Cl)cc1C. The Morgan fingerprint density at radius 2 is 1.76 bits per heavy atom. The van der Waals surface area contributed by atoms with Gasteiger partial charge in [0.1, 0.15) is 17.2 Å². The molecule has 2 aromatic carbocycles. The van der Waals surface area contributed by atoms with Gasteiger partial charge in [-0.15, -0.1) is 0 Å². The average Bonchev–Trinajstić information content (AvgIpc) is 2.67. The molecule has 1 spiro atoms. The number of anilines is 1. The van der Waals surface area contributed by atoms with Crippen molar-refractivity contribution in [3.8, 4) is 11.5 Å². The van der Waals surface area contributed by atoms with Crippen LogP contribution in [0.3, 0.4) is 0 Å². The number of benzene rings is 2. The number of aliphatic imine (C=N–C) groups is 2. The van der Waals surface area contributed by atoms with Crippen molar-refractivity contribution in [3.05, 3.63) is 52.5 Å². The highest BCUT2D eigenvalue weighted by atomic mass is 35.5. The van der Waals surface area contributed by atoms with Crippen LogP contribution in [0.1, 0.15) is 43.2 Å². The summed E-state index contributed by atoms with van der Waals surface area (Å²) in [5.41, 5.74) is 15.0. The highest BCUT2D eigenvalue weighted by Crippen LogP contribution is 2.41. The molecule has 0 atom stereocenters. The predicted octanol–water partition coefficient (Wildman–Crippen LogP) is 4.86. The Bertz CT molecular complexity index is 995. The van der Waals surface area contributed by atoms with Crippen LogP contribution in [0.2, 0.25) is 5.02 Å². The van der Waals surface area contributed by atoms with Gasteiger partial charge in [-0.05, 0) is 81.0 Å². The van der Waals surface area contributed by atoms with E-state index in [1.54, 1.807) is 0 Å². The summed E-state index contributed by atoms with van der Waals surface area (Å²) in [6, 6.07) is 11.6. The van der Waals surface area contributed by atoms with Gasteiger partial charge >= 0.3 is 0 Å². The van der Waals surface area contributed by atoms with Crippen molar-refractivity contribution >= 4 is 29.2 Å². The Kier molecular flexibility index (Phi) is 5.13. The molecule has 2 aliphatic rings. The van der Waals surface area contributed by atoms with E-state index in [-0.39, 0.29) is 5.96 Å². The van der Waals surface area contributed by atoms with Crippen molar-refractivity contribution in [2.45, 2.75) is 51.6 Å². The smallest absolute Gasteiger partial charge is 0.220 e. The van der Waals surface area contributed by atoms with E-state index in [4.69, 9.17) is 32.8 Å². The number of ether oxygens (including phenoxy) is 1. The fourth-order valence-electron chi connectivity index (χ4n) is 4.11. The van der Waals surface area contributed by atoms with Crippen LogP contribution in [-0.2, 0) is 0 Å². The molecule has 4 N–H and O–H groups in total. The molecule has 6 nitrogen and oxygen atoms in total. The van der Waals surface area contributed by atoms with E-state index in [1.165, 1.54) is 17.5 Å². The van der Waals surface area contributed by atoms with Gasteiger partial charge in [0.05, 0.1) is 5.02 Å². The minimum atomic E-state index is -0.492. The summed E-state index contributed by atoms with van der Waals surface area (Å²) < 4.78 is 6.01. The Labute approximate surface area is 176 Å². The minimum Gasteiger partial charge on any atom is -0.456 e. The summed E-state index contributed by atoms with van der Waals surface area (Å²) in [4.78, 5) is 10.9. The van der Waals surface area contributed by atoms with E-state index in [2.05, 4.69) is 18.8 Å². The second-order valence-corrected chi connectivity index (χ2v) is 8.19. The van der Waals surface area contributed by atoms with E-state index >= 15 is 0 Å². The summed E-state index contributed by atoms with van der Waals surface area (Å²) in [5.74, 6) is 1.93. The molecule has 4 rings (SSSR count). The van der Waals surface area contributed by atoms with Crippen LogP contribution in [0.5, 0.6) is 11.5 Å². The molecule has 152 valence electrons. The fraction of sp³-hybridized carbons (Fsp3) is 0.364. The Hall–Kier alpha value is -2.73. The molecule has 1 heterocycles. The predicted molar refractivity (Wildman–Crippen MR) is 119 cm³/mol. The molecule has 0 radical (unpaired) electrons. The van der Waals surface area contributed by atoms with Gasteiger partial charge in [-0.25, -0.2) is 4.99 Å². The highest BCUT2D eigenvalue weighted by molar-refractivity contribution is 6.32. The molecule has 7 heteroatoms. The first-order valence-corrected chi connectivity index (χ1v) is 10.3. The number of nitrogens with two attached hydrogens (primary N) is 2. The Morgan fingerprint density at radius 3 is 2.45 bits per heavy atom. The number of rotatable bonds is 3. The lowest BCUT2D eigenvalue weighted by Gasteiger charge is -2.45. The van der Waals surface area contributed by atoms with Gasteiger partial charge in [0, 0.05) is 5.69 Å². The molecule has 2 aromatic rings. The second-order valence-electron chi connectivity index (χ2n) is 7.78. The number of guanidine groups is 2. The highest BCUT2D eigenvalue weighted by Gasteiger charge is 2.42. The zero-order valence-electron chi connectivity index (χ0n) is 16.8. The van der Waals surface area contributed by atoms with Crippen molar-refractivity contribution in [2.24, 2.45) is 21.5 Å². The lowest BCUT2D eigenvalue weighted by atomic mass is 9.87. The van der Waals surface area contributed by atoms with Gasteiger partial charge in [-0.2, -0.15) is 4.99 Å². The number of hydrogen-bond acceptors (Lipinski definition) is 6. The number of nitrogens with zero attached hydrogens (tertiary/aromatic N) is 3. The maximum Gasteiger partial charge on any atom is 0.220 e. The third-order valence-corrected chi connectivity index (χ3v) is 6.03. The average molecular weight is 412 g/mol. The maximum atomic E-state index is 6.58. The van der Waals surface area contributed by atoms with Crippen molar-refractivity contribution in [1.82, 2.24) is 0 Å². The third-order valence-electron chi connectivity index (χ3n) is 5.73. The van der Waals surface area contributed by atoms with Gasteiger partial charge in [0.2, 0.25) is 11.9 Å². The van der Waals surface area contributed by atoms with E-state index in [0.29, 0.717) is 16.7 Å². The summed E-state index contributed by atoms with van der Waals surface area (Å²) >= 11 is 6.58. The van der Waals surface area contributed by atoms with Crippen molar-refractivity contribution in [1.29, 1.82) is 0 Å². The molecule has 1 aliphatic heterocycles. The summed E-state index contributed by atoms with van der Waals surface area (Å²) in [6.45, 7) is 4.13. The standard InChI is InChI=1S/C22H26ClN5O/c1-14-6-8-17(12-15(14)2)29-19-9-7-16(13-18(19)23)28-21(25)26-20(24)27-22(28)10-4-3-5-11-22/h6-9,12-13H,3-5,10-11H2,1-2H3,(H4,24,25,26,27). The van der Waals surface area contributed by atoms with Crippen LogP contribution in [0.25, 0.3) is 0 Å². The molecule has 0 aromatic heterocycles. The van der Waals surface area contributed by atoms with Crippen LogP contribution in [-0.4, -0.2) is 17.6 Å². The van der Waals surface area contributed by atoms with Crippen LogP contribution < -0.4 is 21.1 Å². The molecule has 1 aliphatic carbocycles. The van der Waals surface area contributed by atoms with Gasteiger partial charge in [-0.1, -0.05) is 24.1 Å². The zero-order chi connectivity index (χ0) is 20.6. The molecule has 1 fully saturated rings. The van der Waals surface area contributed by atoms with Crippen LogP contribution in [0, 0.1) is 13.8 Å². The number of hydrogen-bond donors (Lipinski definition) is 2. The summed E-state index contributed by atoms with van der Waals surface area (Å²) in [6.07, 6.45) is 5.08. The van der Waals surface area contributed by atoms with Crippen molar-refractivity contribution in [2.75, 3.05) is 4.90 Å². The minimum absolute atomic E-state index is 0.237. The molecule has 29 heavy (non-hydrogen) atoms. The van der Waals surface area contributed by atoms with Crippen LogP contribution in [0.15, 0.2) is 46.4 Å². The number of halogens is 1. The van der Waals surface area contributed by atoms with E-state index in [1.807, 2.05) is 41.3 Å². The van der Waals surface area contributed by atoms with E-state index in [9.17, 15) is 0 Å². The first kappa shape index (κ1) is 19.6. The van der Waals surface area contributed by atoms with Crippen molar-refractivity contribution < 1.29 is 4.74 Å². The molecule has 0 bridgehead atoms. The largest absolute Gasteiger partial charge is 0.456 e. The molecule has 1 saturated carbocycles. The topological polar surface area (TPSA) is 89.2 Å².